The molecule has 0 amide bonds. The second-order valence-electron chi connectivity index (χ2n) is 15.9. The average Bonchev–Trinajstić information content (AvgIpc) is 3.28. The lowest BCUT2D eigenvalue weighted by atomic mass is 10.1. The van der Waals surface area contributed by atoms with Gasteiger partial charge >= 0.3 is 17.9 Å². The Morgan fingerprint density at radius 1 is 0.333 bits per heavy atom. The van der Waals surface area contributed by atoms with Crippen LogP contribution in [0.3, 0.4) is 0 Å². The van der Waals surface area contributed by atoms with Gasteiger partial charge in [0.15, 0.2) is 6.10 Å². The van der Waals surface area contributed by atoms with Gasteiger partial charge < -0.3 is 14.2 Å². The van der Waals surface area contributed by atoms with E-state index in [1.54, 1.807) is 0 Å². The number of unbranched alkanes of at least 4 members (excludes halogenated alkanes) is 18. The quantitative estimate of drug-likeness (QED) is 0.0263. The van der Waals surface area contributed by atoms with Crippen molar-refractivity contribution in [1.82, 2.24) is 0 Å². The standard InChI is InChI=1S/C57H88O6/c1-4-7-10-13-16-19-22-24-26-28-30-31-33-35-38-41-44-47-50-56(59)62-53-54(52-61-55(58)49-46-43-40-37-21-18-15-12-9-6-3)63-57(60)51-48-45-42-39-36-34-32-29-27-25-23-20-17-14-11-8-5-2/h8,10-11,13-14,16-17,19-20,22-32,34,36,54H,4-7,9,12,15,18,21,33,35,37-53H2,1-3H3/b11-8-,13-10-,17-14-,19-16-,23-20-,24-22-,27-25-,28-26-,31-30-,32-29+,36-34-. The summed E-state index contributed by atoms with van der Waals surface area (Å²) in [6, 6.07) is 0. The third-order valence-corrected chi connectivity index (χ3v) is 9.91. The Hall–Kier alpha value is -4.45. The summed E-state index contributed by atoms with van der Waals surface area (Å²) >= 11 is 0. The third-order valence-electron chi connectivity index (χ3n) is 9.91. The molecular formula is C57H88O6. The number of allylic oxidation sites excluding steroid dienone is 22. The Kier molecular flexibility index (Phi) is 46.7. The highest BCUT2D eigenvalue weighted by molar-refractivity contribution is 5.71. The van der Waals surface area contributed by atoms with Crippen molar-refractivity contribution >= 4 is 17.9 Å². The number of carbonyl (C=O) groups is 3. The van der Waals surface area contributed by atoms with Crippen LogP contribution in [0.5, 0.6) is 0 Å². The van der Waals surface area contributed by atoms with Gasteiger partial charge in [0, 0.05) is 19.3 Å². The van der Waals surface area contributed by atoms with Crippen molar-refractivity contribution in [3.8, 4) is 0 Å². The zero-order valence-corrected chi connectivity index (χ0v) is 40.0. The molecule has 63 heavy (non-hydrogen) atoms. The normalized spacial score (nSPS) is 13.3. The molecule has 0 fully saturated rings. The van der Waals surface area contributed by atoms with E-state index in [4.69, 9.17) is 14.2 Å². The van der Waals surface area contributed by atoms with E-state index >= 15 is 0 Å². The predicted octanol–water partition coefficient (Wildman–Crippen LogP) is 16.3. The van der Waals surface area contributed by atoms with Gasteiger partial charge in [-0.05, 0) is 57.8 Å². The minimum Gasteiger partial charge on any atom is -0.462 e. The summed E-state index contributed by atoms with van der Waals surface area (Å²) < 4.78 is 16.7. The van der Waals surface area contributed by atoms with Crippen LogP contribution in [0.1, 0.15) is 188 Å². The van der Waals surface area contributed by atoms with Crippen LogP contribution >= 0.6 is 0 Å². The number of hydrogen-bond acceptors (Lipinski definition) is 6. The summed E-state index contributed by atoms with van der Waals surface area (Å²) in [6.45, 7) is 6.30. The van der Waals surface area contributed by atoms with E-state index in [1.165, 1.54) is 51.4 Å². The maximum atomic E-state index is 12.8. The first-order valence-corrected chi connectivity index (χ1v) is 24.8. The van der Waals surface area contributed by atoms with Gasteiger partial charge in [0.25, 0.3) is 0 Å². The van der Waals surface area contributed by atoms with E-state index in [0.29, 0.717) is 19.3 Å². The Morgan fingerprint density at radius 2 is 0.651 bits per heavy atom. The smallest absolute Gasteiger partial charge is 0.306 e. The van der Waals surface area contributed by atoms with Crippen LogP contribution in [0, 0.1) is 0 Å². The Bertz CT molecular complexity index is 1420. The molecule has 0 heterocycles. The lowest BCUT2D eigenvalue weighted by Gasteiger charge is -2.18. The molecule has 0 radical (unpaired) electrons. The molecule has 1 atom stereocenters. The van der Waals surface area contributed by atoms with Crippen molar-refractivity contribution in [1.29, 1.82) is 0 Å². The number of rotatable bonds is 42. The highest BCUT2D eigenvalue weighted by Gasteiger charge is 2.19. The summed E-state index contributed by atoms with van der Waals surface area (Å²) in [7, 11) is 0. The molecule has 0 aromatic rings. The van der Waals surface area contributed by atoms with Crippen LogP contribution in [0.4, 0.5) is 0 Å². The molecule has 0 aliphatic heterocycles. The maximum Gasteiger partial charge on any atom is 0.306 e. The van der Waals surface area contributed by atoms with Gasteiger partial charge in [-0.1, -0.05) is 244 Å². The zero-order valence-electron chi connectivity index (χ0n) is 40.0. The number of esters is 3. The molecule has 352 valence electrons. The van der Waals surface area contributed by atoms with Gasteiger partial charge in [-0.3, -0.25) is 14.4 Å². The number of carbonyl (C=O) groups excluding carboxylic acids is 3. The summed E-state index contributed by atoms with van der Waals surface area (Å²) in [5, 5.41) is 0. The first-order valence-electron chi connectivity index (χ1n) is 24.8. The molecule has 0 spiro atoms. The lowest BCUT2D eigenvalue weighted by Crippen LogP contribution is -2.30. The van der Waals surface area contributed by atoms with Crippen LogP contribution in [0.2, 0.25) is 0 Å². The second kappa shape index (κ2) is 50.2. The van der Waals surface area contributed by atoms with E-state index < -0.39 is 6.10 Å². The van der Waals surface area contributed by atoms with Crippen LogP contribution in [0.25, 0.3) is 0 Å². The number of ether oxygens (including phenoxy) is 3. The van der Waals surface area contributed by atoms with Gasteiger partial charge in [0.1, 0.15) is 13.2 Å². The molecule has 6 nitrogen and oxygen atoms in total. The van der Waals surface area contributed by atoms with Gasteiger partial charge in [-0.2, -0.15) is 0 Å². The first kappa shape index (κ1) is 58.6. The van der Waals surface area contributed by atoms with E-state index in [9.17, 15) is 14.4 Å². The molecule has 1 unspecified atom stereocenters. The molecule has 0 aliphatic carbocycles. The van der Waals surface area contributed by atoms with Crippen molar-refractivity contribution < 1.29 is 28.6 Å². The van der Waals surface area contributed by atoms with Crippen molar-refractivity contribution in [3.05, 3.63) is 134 Å². The highest BCUT2D eigenvalue weighted by Crippen LogP contribution is 2.13. The van der Waals surface area contributed by atoms with Gasteiger partial charge in [-0.15, -0.1) is 0 Å². The Balaban J connectivity index is 4.55. The predicted molar refractivity (Wildman–Crippen MR) is 269 cm³/mol. The van der Waals surface area contributed by atoms with Crippen molar-refractivity contribution in [2.45, 2.75) is 194 Å². The van der Waals surface area contributed by atoms with Crippen LogP contribution in [-0.4, -0.2) is 37.2 Å². The summed E-state index contributed by atoms with van der Waals surface area (Å²) in [4.78, 5) is 37.9. The fourth-order valence-electron chi connectivity index (χ4n) is 6.21. The average molecular weight is 869 g/mol. The van der Waals surface area contributed by atoms with Crippen molar-refractivity contribution in [2.24, 2.45) is 0 Å². The minimum atomic E-state index is -0.815. The largest absolute Gasteiger partial charge is 0.462 e. The van der Waals surface area contributed by atoms with E-state index in [0.717, 1.165) is 89.9 Å². The third kappa shape index (κ3) is 48.4. The SMILES string of the molecule is CC\C=C/C=C\C=C/C=C\C=C\C=C/CCCCCC(=O)OC(COC(=O)CCCCCCC\C=C/C=C\C=C/C=C\C=C/CCC)COC(=O)CCCCCCCCCCCC. The van der Waals surface area contributed by atoms with E-state index in [-0.39, 0.29) is 37.5 Å². The van der Waals surface area contributed by atoms with Gasteiger partial charge in [0.2, 0.25) is 0 Å². The molecule has 6 heteroatoms. The Labute approximate surface area is 385 Å². The monoisotopic (exact) mass is 869 g/mol. The van der Waals surface area contributed by atoms with Gasteiger partial charge in [-0.25, -0.2) is 0 Å². The zero-order chi connectivity index (χ0) is 45.8. The summed E-state index contributed by atoms with van der Waals surface area (Å²) in [6.07, 6.45) is 69.9. The topological polar surface area (TPSA) is 78.9 Å². The fraction of sp³-hybridized carbons (Fsp3) is 0.561. The molecule has 0 aromatic carbocycles. The second-order valence-corrected chi connectivity index (χ2v) is 15.9. The minimum absolute atomic E-state index is 0.109. The molecule has 0 saturated heterocycles. The maximum absolute atomic E-state index is 12.8. The van der Waals surface area contributed by atoms with Crippen LogP contribution in [-0.2, 0) is 28.6 Å². The summed E-state index contributed by atoms with van der Waals surface area (Å²) in [5.41, 5.74) is 0. The number of hydrogen-bond donors (Lipinski definition) is 0. The van der Waals surface area contributed by atoms with Crippen molar-refractivity contribution in [3.63, 3.8) is 0 Å². The molecule has 0 N–H and O–H groups in total. The first-order chi connectivity index (χ1) is 31.0. The molecule has 0 bridgehead atoms. The lowest BCUT2D eigenvalue weighted by molar-refractivity contribution is -0.167. The molecule has 0 aromatic heterocycles. The fourth-order valence-corrected chi connectivity index (χ4v) is 6.21. The van der Waals surface area contributed by atoms with Crippen molar-refractivity contribution in [2.75, 3.05) is 13.2 Å². The Morgan fingerprint density at radius 3 is 1.05 bits per heavy atom. The molecule has 0 saturated carbocycles. The molecule has 0 rings (SSSR count). The molecular weight excluding hydrogens is 781 g/mol. The van der Waals surface area contributed by atoms with Gasteiger partial charge in [0.05, 0.1) is 0 Å². The van der Waals surface area contributed by atoms with Crippen LogP contribution < -0.4 is 0 Å². The van der Waals surface area contributed by atoms with Crippen LogP contribution in [0.15, 0.2) is 134 Å². The summed E-state index contributed by atoms with van der Waals surface area (Å²) in [5.74, 6) is -0.991. The molecule has 0 aliphatic rings. The van der Waals surface area contributed by atoms with E-state index in [1.807, 2.05) is 97.2 Å². The van der Waals surface area contributed by atoms with E-state index in [2.05, 4.69) is 57.2 Å². The highest BCUT2D eigenvalue weighted by atomic mass is 16.6.